The summed E-state index contributed by atoms with van der Waals surface area (Å²) in [6, 6.07) is 0. The van der Waals surface area contributed by atoms with Crippen molar-refractivity contribution >= 4 is 11.4 Å². The van der Waals surface area contributed by atoms with Crippen LogP contribution in [0.5, 0.6) is 0 Å². The Hall–Kier alpha value is -1.66. The molecule has 0 bridgehead atoms. The van der Waals surface area contributed by atoms with Gasteiger partial charge in [0, 0.05) is 17.3 Å². The van der Waals surface area contributed by atoms with Crippen LogP contribution in [0.15, 0.2) is 34.1 Å². The number of hydrogen-bond acceptors (Lipinski definition) is 6. The maximum atomic E-state index is 11.3. The molecule has 0 saturated heterocycles. The number of hydrogen-bond donors (Lipinski definition) is 4. The van der Waals surface area contributed by atoms with E-state index in [1.165, 1.54) is 5.57 Å². The monoisotopic (exact) mass is 374 g/mol. The fourth-order valence-electron chi connectivity index (χ4n) is 7.16. The van der Waals surface area contributed by atoms with E-state index in [1.807, 2.05) is 12.2 Å². The highest BCUT2D eigenvalue weighted by Gasteiger charge is 2.62. The Labute approximate surface area is 160 Å². The van der Waals surface area contributed by atoms with E-state index < -0.39 is 6.10 Å². The van der Waals surface area contributed by atoms with Gasteiger partial charge in [-0.2, -0.15) is 0 Å². The third kappa shape index (κ3) is 2.53. The topological polar surface area (TPSA) is 106 Å². The molecule has 0 unspecified atom stereocenters. The first-order valence-electron chi connectivity index (χ1n) is 10.0. The van der Waals surface area contributed by atoms with Crippen molar-refractivity contribution in [3.63, 3.8) is 0 Å². The molecular weight excluding hydrogens is 344 g/mol. The molecule has 0 aromatic rings. The van der Waals surface area contributed by atoms with Crippen molar-refractivity contribution < 1.29 is 20.6 Å². The predicted molar refractivity (Wildman–Crippen MR) is 102 cm³/mol. The zero-order valence-corrected chi connectivity index (χ0v) is 16.0. The highest BCUT2D eigenvalue weighted by molar-refractivity contribution is 6.05. The molecule has 3 fully saturated rings. The molecule has 3 saturated carbocycles. The van der Waals surface area contributed by atoms with Crippen LogP contribution in [0.1, 0.15) is 46.0 Å². The number of aliphatic hydroxyl groups is 2. The Bertz CT molecular complexity index is 742. The second-order valence-corrected chi connectivity index (χ2v) is 9.30. The molecule has 0 aliphatic heterocycles. The number of rotatable bonds is 2. The third-order valence-corrected chi connectivity index (χ3v) is 8.31. The van der Waals surface area contributed by atoms with Crippen LogP contribution >= 0.6 is 0 Å². The number of oxime groups is 2. The molecule has 27 heavy (non-hydrogen) atoms. The normalized spacial score (nSPS) is 48.0. The summed E-state index contributed by atoms with van der Waals surface area (Å²) in [6.45, 7) is 4.17. The van der Waals surface area contributed by atoms with E-state index in [2.05, 4.69) is 30.2 Å². The van der Waals surface area contributed by atoms with Crippen LogP contribution in [-0.4, -0.2) is 44.8 Å². The summed E-state index contributed by atoms with van der Waals surface area (Å²) >= 11 is 0. The number of nitrogens with zero attached hydrogens (tertiary/aromatic N) is 2. The SMILES string of the molecule is C[C@]12C[C@H](O)[C@H]3[C@@H](CCC4=C/C(=N/O)C=C[C@@]43C)[C@@H]1CC[C@@H]2/C(CO)=N/O. The molecule has 7 atom stereocenters. The first-order valence-corrected chi connectivity index (χ1v) is 10.0. The van der Waals surface area contributed by atoms with E-state index in [9.17, 15) is 15.4 Å². The molecular formula is C21H30N2O4. The summed E-state index contributed by atoms with van der Waals surface area (Å²) < 4.78 is 0. The number of aliphatic hydroxyl groups excluding tert-OH is 2. The van der Waals surface area contributed by atoms with Crippen molar-refractivity contribution in [2.45, 2.75) is 52.1 Å². The van der Waals surface area contributed by atoms with E-state index >= 15 is 0 Å². The molecule has 0 heterocycles. The van der Waals surface area contributed by atoms with Crippen LogP contribution in [-0.2, 0) is 0 Å². The standard InChI is InChI=1S/C21H30N2O4/c1-20-8-7-13(22-26)9-12(20)3-4-14-15-5-6-16(17(11-24)23-27)21(15,2)10-18(25)19(14)20/h7-9,14-16,18-19,24-27H,3-6,10-11H2,1-2H3/b22-13+,23-17+/t14-,15-,16+,18-,19+,20-,21-/m0/s1. The summed E-state index contributed by atoms with van der Waals surface area (Å²) in [7, 11) is 0. The maximum absolute atomic E-state index is 11.3. The third-order valence-electron chi connectivity index (χ3n) is 8.31. The zero-order valence-electron chi connectivity index (χ0n) is 16.0. The van der Waals surface area contributed by atoms with Gasteiger partial charge >= 0.3 is 0 Å². The predicted octanol–water partition coefficient (Wildman–Crippen LogP) is 2.96. The average Bonchev–Trinajstić information content (AvgIpc) is 2.98. The van der Waals surface area contributed by atoms with Gasteiger partial charge in [-0.25, -0.2) is 0 Å². The minimum absolute atomic E-state index is 0.0212. The molecule has 0 aromatic heterocycles. The maximum Gasteiger partial charge on any atom is 0.102 e. The Morgan fingerprint density at radius 3 is 2.67 bits per heavy atom. The van der Waals surface area contributed by atoms with Crippen molar-refractivity contribution in [3.05, 3.63) is 23.8 Å². The van der Waals surface area contributed by atoms with Gasteiger partial charge in [0.25, 0.3) is 0 Å². The van der Waals surface area contributed by atoms with Gasteiger partial charge in [-0.15, -0.1) is 0 Å². The van der Waals surface area contributed by atoms with Gasteiger partial charge in [0.1, 0.15) is 5.71 Å². The fourth-order valence-corrected chi connectivity index (χ4v) is 7.16. The van der Waals surface area contributed by atoms with E-state index in [0.717, 1.165) is 25.7 Å². The Morgan fingerprint density at radius 2 is 2.00 bits per heavy atom. The molecule has 0 radical (unpaired) electrons. The lowest BCUT2D eigenvalue weighted by Gasteiger charge is -2.58. The number of allylic oxidation sites excluding steroid dienone is 4. The zero-order chi connectivity index (χ0) is 19.4. The van der Waals surface area contributed by atoms with E-state index in [0.29, 0.717) is 29.7 Å². The Kier molecular flexibility index (Phi) is 4.47. The van der Waals surface area contributed by atoms with Crippen LogP contribution in [0.4, 0.5) is 0 Å². The van der Waals surface area contributed by atoms with E-state index in [1.54, 1.807) is 0 Å². The highest BCUT2D eigenvalue weighted by atomic mass is 16.4. The van der Waals surface area contributed by atoms with Gasteiger partial charge in [-0.05, 0) is 61.5 Å². The minimum Gasteiger partial charge on any atom is -0.411 e. The molecule has 0 aromatic carbocycles. The van der Waals surface area contributed by atoms with Gasteiger partial charge in [0.2, 0.25) is 0 Å². The van der Waals surface area contributed by atoms with Crippen LogP contribution in [0.2, 0.25) is 0 Å². The van der Waals surface area contributed by atoms with Gasteiger partial charge in [0.05, 0.1) is 18.4 Å². The summed E-state index contributed by atoms with van der Waals surface area (Å²) in [4.78, 5) is 0. The van der Waals surface area contributed by atoms with Crippen molar-refractivity contribution in [1.29, 1.82) is 0 Å². The number of fused-ring (bicyclic) bond motifs is 5. The molecule has 6 nitrogen and oxygen atoms in total. The van der Waals surface area contributed by atoms with Crippen molar-refractivity contribution in [3.8, 4) is 0 Å². The minimum atomic E-state index is -0.457. The molecule has 148 valence electrons. The molecule has 4 aliphatic rings. The highest BCUT2D eigenvalue weighted by Crippen LogP contribution is 2.66. The lowest BCUT2D eigenvalue weighted by molar-refractivity contribution is -0.109. The van der Waals surface area contributed by atoms with Gasteiger partial charge in [0.15, 0.2) is 0 Å². The van der Waals surface area contributed by atoms with Crippen LogP contribution < -0.4 is 0 Å². The average molecular weight is 374 g/mol. The summed E-state index contributed by atoms with van der Waals surface area (Å²) in [5, 5.41) is 46.1. The van der Waals surface area contributed by atoms with Gasteiger partial charge in [-0.1, -0.05) is 35.8 Å². The van der Waals surface area contributed by atoms with E-state index in [-0.39, 0.29) is 29.3 Å². The molecule has 0 amide bonds. The Morgan fingerprint density at radius 1 is 1.22 bits per heavy atom. The molecule has 4 rings (SSSR count). The van der Waals surface area contributed by atoms with Crippen molar-refractivity contribution in [2.75, 3.05) is 6.61 Å². The summed E-state index contributed by atoms with van der Waals surface area (Å²) in [6.07, 6.45) is 10.0. The van der Waals surface area contributed by atoms with Crippen LogP contribution in [0, 0.1) is 34.5 Å². The summed E-state index contributed by atoms with van der Waals surface area (Å²) in [5.41, 5.74) is 1.89. The molecule has 0 spiro atoms. The fraction of sp³-hybridized carbons (Fsp3) is 0.714. The Balaban J connectivity index is 1.70. The summed E-state index contributed by atoms with van der Waals surface area (Å²) in [5.74, 6) is 0.989. The molecule has 4 N–H and O–H groups in total. The largest absolute Gasteiger partial charge is 0.411 e. The van der Waals surface area contributed by atoms with E-state index in [4.69, 9.17) is 5.21 Å². The van der Waals surface area contributed by atoms with Gasteiger partial charge < -0.3 is 20.6 Å². The van der Waals surface area contributed by atoms with Crippen molar-refractivity contribution in [2.24, 2.45) is 44.8 Å². The quantitative estimate of drug-likeness (QED) is 0.339. The molecule has 4 aliphatic carbocycles. The second kappa shape index (κ2) is 6.45. The first kappa shape index (κ1) is 18.7. The van der Waals surface area contributed by atoms with Crippen LogP contribution in [0.3, 0.4) is 0 Å². The van der Waals surface area contributed by atoms with Crippen molar-refractivity contribution in [1.82, 2.24) is 0 Å². The van der Waals surface area contributed by atoms with Gasteiger partial charge in [-0.3, -0.25) is 0 Å². The lowest BCUT2D eigenvalue weighted by atomic mass is 9.46. The van der Waals surface area contributed by atoms with Crippen LogP contribution in [0.25, 0.3) is 0 Å². The smallest absolute Gasteiger partial charge is 0.102 e. The first-order chi connectivity index (χ1) is 12.9. The second-order valence-electron chi connectivity index (χ2n) is 9.30. The lowest BCUT2D eigenvalue weighted by Crippen LogP contribution is -2.56. The molecule has 6 heteroatoms.